The number of unbranched alkanes of at least 4 members (excludes halogenated alkanes) is 1. The van der Waals surface area contributed by atoms with Gasteiger partial charge in [-0.25, -0.2) is 0 Å². The number of aliphatic hydroxyl groups is 1. The van der Waals surface area contributed by atoms with Gasteiger partial charge in [0.15, 0.2) is 17.3 Å². The van der Waals surface area contributed by atoms with Gasteiger partial charge in [0.05, 0.1) is 13.2 Å². The molecule has 1 saturated heterocycles. The molecule has 206 valence electrons. The van der Waals surface area contributed by atoms with Crippen LogP contribution in [0.1, 0.15) is 71.7 Å². The molecule has 0 aromatic heterocycles. The first-order chi connectivity index (χ1) is 18.4. The van der Waals surface area contributed by atoms with Gasteiger partial charge in [-0.3, -0.25) is 9.59 Å². The number of methoxy groups -OCH3 is 1. The number of nitrogens with zero attached hydrogens (tertiary/aromatic N) is 1. The highest BCUT2D eigenvalue weighted by molar-refractivity contribution is 5.96. The molecule has 0 radical (unpaired) electrons. The Kier molecular flexibility index (Phi) is 9.63. The normalized spacial score (nSPS) is 16.6. The number of ketones is 1. The number of benzene rings is 2. The summed E-state index contributed by atoms with van der Waals surface area (Å²) in [6.45, 7) is 7.36. The standard InChI is InChI=1S/C30H40N2O6/c1-20-16-23(17-21(2)30(20)36-3)25(33)8-4-5-9-28(34)31-24(19-32-12-6-7-13-32)29(35)22-10-11-26-27(18-22)38-15-14-37-26/h10-11,16-18,24,29,35H,4-9,12-15,19H2,1-3H3,(H,31,34). The number of rotatable bonds is 12. The molecule has 4 rings (SSSR count). The van der Waals surface area contributed by atoms with E-state index in [1.54, 1.807) is 13.2 Å². The van der Waals surface area contributed by atoms with Gasteiger partial charge >= 0.3 is 0 Å². The molecule has 1 amide bonds. The van der Waals surface area contributed by atoms with Crippen molar-refractivity contribution in [3.63, 3.8) is 0 Å². The van der Waals surface area contributed by atoms with Crippen LogP contribution in [-0.4, -0.2) is 67.7 Å². The fraction of sp³-hybridized carbons (Fsp3) is 0.533. The third-order valence-electron chi connectivity index (χ3n) is 7.33. The molecule has 2 aromatic carbocycles. The SMILES string of the molecule is COc1c(C)cc(C(=O)CCCCC(=O)NC(CN2CCCC2)C(O)c2ccc3c(c2)OCCO3)cc1C. The summed E-state index contributed by atoms with van der Waals surface area (Å²) in [6, 6.07) is 8.72. The highest BCUT2D eigenvalue weighted by Gasteiger charge is 2.28. The van der Waals surface area contributed by atoms with Crippen molar-refractivity contribution in [3.8, 4) is 17.2 Å². The van der Waals surface area contributed by atoms with Gasteiger partial charge in [0.2, 0.25) is 5.91 Å². The van der Waals surface area contributed by atoms with Crippen LogP contribution >= 0.6 is 0 Å². The quantitative estimate of drug-likeness (QED) is 0.318. The minimum atomic E-state index is -0.876. The predicted octanol–water partition coefficient (Wildman–Crippen LogP) is 4.14. The van der Waals surface area contributed by atoms with Crippen LogP contribution in [0.4, 0.5) is 0 Å². The van der Waals surface area contributed by atoms with Crippen molar-refractivity contribution >= 4 is 11.7 Å². The van der Waals surface area contributed by atoms with Crippen molar-refractivity contribution < 1.29 is 28.9 Å². The Bertz CT molecular complexity index is 1100. The third kappa shape index (κ3) is 7.05. The predicted molar refractivity (Wildman–Crippen MR) is 145 cm³/mol. The summed E-state index contributed by atoms with van der Waals surface area (Å²) in [5.74, 6) is 2.04. The molecule has 2 aliphatic heterocycles. The lowest BCUT2D eigenvalue weighted by atomic mass is 9.99. The van der Waals surface area contributed by atoms with E-state index < -0.39 is 12.1 Å². The van der Waals surface area contributed by atoms with Crippen molar-refractivity contribution in [2.45, 2.75) is 64.5 Å². The lowest BCUT2D eigenvalue weighted by Crippen LogP contribution is -2.46. The summed E-state index contributed by atoms with van der Waals surface area (Å²) in [5.41, 5.74) is 3.25. The summed E-state index contributed by atoms with van der Waals surface area (Å²) in [5, 5.41) is 14.3. The van der Waals surface area contributed by atoms with E-state index in [1.165, 1.54) is 0 Å². The summed E-state index contributed by atoms with van der Waals surface area (Å²) in [4.78, 5) is 27.9. The van der Waals surface area contributed by atoms with Crippen LogP contribution in [0.3, 0.4) is 0 Å². The molecule has 8 heteroatoms. The molecule has 0 bridgehead atoms. The molecule has 2 heterocycles. The fourth-order valence-corrected chi connectivity index (χ4v) is 5.37. The molecule has 2 N–H and O–H groups in total. The Balaban J connectivity index is 1.31. The van der Waals surface area contributed by atoms with Gasteiger partial charge in [-0.05, 0) is 93.6 Å². The highest BCUT2D eigenvalue weighted by Crippen LogP contribution is 2.33. The largest absolute Gasteiger partial charge is 0.496 e. The molecule has 0 spiro atoms. The Morgan fingerprint density at radius 2 is 1.66 bits per heavy atom. The van der Waals surface area contributed by atoms with Crippen LogP contribution in [0, 0.1) is 13.8 Å². The zero-order valence-corrected chi connectivity index (χ0v) is 22.8. The molecule has 2 aliphatic rings. The molecule has 0 saturated carbocycles. The molecule has 1 fully saturated rings. The number of amides is 1. The maximum absolute atomic E-state index is 12.9. The maximum Gasteiger partial charge on any atom is 0.220 e. The Labute approximate surface area is 225 Å². The van der Waals surface area contributed by atoms with Crippen molar-refractivity contribution in [1.82, 2.24) is 10.2 Å². The van der Waals surface area contributed by atoms with Gasteiger partial charge in [0.25, 0.3) is 0 Å². The van der Waals surface area contributed by atoms with E-state index >= 15 is 0 Å². The van der Waals surface area contributed by atoms with E-state index in [4.69, 9.17) is 14.2 Å². The maximum atomic E-state index is 12.9. The molecule has 2 unspecified atom stereocenters. The number of Topliss-reactive ketones (excluding diaryl/α,β-unsaturated/α-hetero) is 1. The van der Waals surface area contributed by atoms with Crippen LogP contribution < -0.4 is 19.5 Å². The summed E-state index contributed by atoms with van der Waals surface area (Å²) >= 11 is 0. The number of fused-ring (bicyclic) bond motifs is 1. The molecule has 2 atom stereocenters. The van der Waals surface area contributed by atoms with Crippen LogP contribution in [0.5, 0.6) is 17.2 Å². The van der Waals surface area contributed by atoms with E-state index in [0.717, 1.165) is 42.8 Å². The number of nitrogens with one attached hydrogen (secondary N) is 1. The smallest absolute Gasteiger partial charge is 0.220 e. The number of carbonyl (C=O) groups is 2. The van der Waals surface area contributed by atoms with Crippen molar-refractivity contribution in [2.24, 2.45) is 0 Å². The first-order valence-corrected chi connectivity index (χ1v) is 13.6. The van der Waals surface area contributed by atoms with E-state index in [9.17, 15) is 14.7 Å². The average molecular weight is 525 g/mol. The van der Waals surface area contributed by atoms with Crippen LogP contribution in [-0.2, 0) is 4.79 Å². The van der Waals surface area contributed by atoms with Crippen molar-refractivity contribution in [1.29, 1.82) is 0 Å². The van der Waals surface area contributed by atoms with Gasteiger partial charge in [-0.15, -0.1) is 0 Å². The fourth-order valence-electron chi connectivity index (χ4n) is 5.37. The lowest BCUT2D eigenvalue weighted by Gasteiger charge is -2.29. The number of likely N-dealkylation sites (tertiary alicyclic amines) is 1. The first-order valence-electron chi connectivity index (χ1n) is 13.6. The molecule has 0 aliphatic carbocycles. The minimum absolute atomic E-state index is 0.0696. The second-order valence-electron chi connectivity index (χ2n) is 10.3. The Hall–Kier alpha value is -3.10. The Morgan fingerprint density at radius 3 is 2.34 bits per heavy atom. The summed E-state index contributed by atoms with van der Waals surface area (Å²) < 4.78 is 16.7. The van der Waals surface area contributed by atoms with Crippen LogP contribution in [0.25, 0.3) is 0 Å². The van der Waals surface area contributed by atoms with Crippen LogP contribution in [0.15, 0.2) is 30.3 Å². The second-order valence-corrected chi connectivity index (χ2v) is 10.3. The molecule has 38 heavy (non-hydrogen) atoms. The zero-order valence-electron chi connectivity index (χ0n) is 22.8. The van der Waals surface area contributed by atoms with Crippen molar-refractivity contribution in [3.05, 3.63) is 52.6 Å². The topological polar surface area (TPSA) is 97.3 Å². The van der Waals surface area contributed by atoms with Gasteiger partial charge < -0.3 is 29.5 Å². The van der Waals surface area contributed by atoms with Gasteiger partial charge in [-0.2, -0.15) is 0 Å². The lowest BCUT2D eigenvalue weighted by molar-refractivity contribution is -0.123. The van der Waals surface area contributed by atoms with E-state index in [-0.39, 0.29) is 11.7 Å². The van der Waals surface area contributed by atoms with Crippen LogP contribution in [0.2, 0.25) is 0 Å². The molecule has 8 nitrogen and oxygen atoms in total. The highest BCUT2D eigenvalue weighted by atomic mass is 16.6. The zero-order chi connectivity index (χ0) is 27.1. The average Bonchev–Trinajstić information content (AvgIpc) is 3.43. The van der Waals surface area contributed by atoms with E-state index in [1.807, 2.05) is 38.1 Å². The summed E-state index contributed by atoms with van der Waals surface area (Å²) in [6.07, 6.45) is 3.29. The number of carbonyl (C=O) groups excluding carboxylic acids is 2. The molecule has 2 aromatic rings. The van der Waals surface area contributed by atoms with Gasteiger partial charge in [-0.1, -0.05) is 6.07 Å². The number of hydrogen-bond donors (Lipinski definition) is 2. The molecular weight excluding hydrogens is 484 g/mol. The van der Waals surface area contributed by atoms with Crippen molar-refractivity contribution in [2.75, 3.05) is 40.0 Å². The number of hydrogen-bond acceptors (Lipinski definition) is 7. The minimum Gasteiger partial charge on any atom is -0.496 e. The first kappa shape index (κ1) is 27.9. The van der Waals surface area contributed by atoms with E-state index in [0.29, 0.717) is 68.1 Å². The number of ether oxygens (including phenoxy) is 3. The Morgan fingerprint density at radius 1 is 1.00 bits per heavy atom. The van der Waals surface area contributed by atoms with Gasteiger partial charge in [0, 0.05) is 24.9 Å². The monoisotopic (exact) mass is 524 g/mol. The summed E-state index contributed by atoms with van der Waals surface area (Å²) in [7, 11) is 1.63. The molecular formula is C30H40N2O6. The van der Waals surface area contributed by atoms with Gasteiger partial charge in [0.1, 0.15) is 25.1 Å². The number of aliphatic hydroxyl groups excluding tert-OH is 1. The van der Waals surface area contributed by atoms with E-state index in [2.05, 4.69) is 10.2 Å². The third-order valence-corrected chi connectivity index (χ3v) is 7.33. The number of aryl methyl sites for hydroxylation is 2. The second kappa shape index (κ2) is 13.1.